The van der Waals surface area contributed by atoms with Crippen LogP contribution in [0, 0.1) is 6.92 Å². The molecule has 0 amide bonds. The molecule has 4 nitrogen and oxygen atoms in total. The molecule has 0 aromatic carbocycles. The molecular weight excluding hydrogens is 228 g/mol. The second-order valence-corrected chi connectivity index (χ2v) is 4.89. The first kappa shape index (κ1) is 13.3. The molecule has 1 saturated carbocycles. The van der Waals surface area contributed by atoms with Crippen molar-refractivity contribution in [3.63, 3.8) is 0 Å². The fraction of sp³-hybridized carbons (Fsp3) is 0.643. The van der Waals surface area contributed by atoms with Gasteiger partial charge in [0.15, 0.2) is 0 Å². The Kier molecular flexibility index (Phi) is 4.55. The number of pyridine rings is 1. The highest BCUT2D eigenvalue weighted by molar-refractivity contribution is 5.26. The minimum Gasteiger partial charge on any atom is -0.497 e. The number of rotatable bonds is 5. The van der Waals surface area contributed by atoms with Crippen molar-refractivity contribution in [2.75, 3.05) is 14.2 Å². The maximum Gasteiger partial charge on any atom is 0.122 e. The van der Waals surface area contributed by atoms with E-state index in [4.69, 9.17) is 9.47 Å². The molecule has 0 radical (unpaired) electrons. The molecule has 1 aliphatic rings. The van der Waals surface area contributed by atoms with Crippen LogP contribution in [0.4, 0.5) is 0 Å². The average Bonchev–Trinajstić information content (AvgIpc) is 2.83. The maximum atomic E-state index is 5.37. The molecule has 0 aliphatic heterocycles. The molecular formula is C14H22N2O2. The highest BCUT2D eigenvalue weighted by Crippen LogP contribution is 2.22. The number of nitrogens with one attached hydrogen (secondary N) is 1. The van der Waals surface area contributed by atoms with Crippen LogP contribution in [0.5, 0.6) is 5.75 Å². The zero-order valence-electron chi connectivity index (χ0n) is 11.4. The van der Waals surface area contributed by atoms with E-state index in [-0.39, 0.29) is 0 Å². The van der Waals surface area contributed by atoms with Crippen LogP contribution >= 0.6 is 0 Å². The predicted molar refractivity (Wildman–Crippen MR) is 70.8 cm³/mol. The molecule has 2 atom stereocenters. The molecule has 100 valence electrons. The van der Waals surface area contributed by atoms with Gasteiger partial charge in [-0.25, -0.2) is 0 Å². The number of ether oxygens (including phenoxy) is 2. The van der Waals surface area contributed by atoms with E-state index in [1.54, 1.807) is 14.2 Å². The molecule has 2 unspecified atom stereocenters. The van der Waals surface area contributed by atoms with Gasteiger partial charge in [0.25, 0.3) is 0 Å². The molecule has 1 aliphatic carbocycles. The van der Waals surface area contributed by atoms with E-state index in [0.717, 1.165) is 36.5 Å². The van der Waals surface area contributed by atoms with Crippen molar-refractivity contribution in [1.82, 2.24) is 10.3 Å². The van der Waals surface area contributed by atoms with Gasteiger partial charge in [0.2, 0.25) is 0 Å². The topological polar surface area (TPSA) is 43.4 Å². The third-order valence-electron chi connectivity index (χ3n) is 3.51. The summed E-state index contributed by atoms with van der Waals surface area (Å²) < 4.78 is 10.6. The lowest BCUT2D eigenvalue weighted by molar-refractivity contribution is 0.107. The number of methoxy groups -OCH3 is 2. The van der Waals surface area contributed by atoms with Gasteiger partial charge in [-0.3, -0.25) is 4.98 Å². The van der Waals surface area contributed by atoms with Gasteiger partial charge in [0, 0.05) is 37.5 Å². The van der Waals surface area contributed by atoms with Crippen molar-refractivity contribution >= 4 is 0 Å². The second kappa shape index (κ2) is 6.16. The van der Waals surface area contributed by atoms with Crippen LogP contribution in [0.15, 0.2) is 12.1 Å². The lowest BCUT2D eigenvalue weighted by Gasteiger charge is -2.13. The molecule has 1 fully saturated rings. The summed E-state index contributed by atoms with van der Waals surface area (Å²) in [4.78, 5) is 4.51. The first-order valence-electron chi connectivity index (χ1n) is 6.49. The molecule has 4 heteroatoms. The fourth-order valence-electron chi connectivity index (χ4n) is 2.50. The summed E-state index contributed by atoms with van der Waals surface area (Å²) in [5, 5.41) is 3.54. The normalized spacial score (nSPS) is 23.3. The Morgan fingerprint density at radius 2 is 2.17 bits per heavy atom. The van der Waals surface area contributed by atoms with Gasteiger partial charge in [0.05, 0.1) is 18.9 Å². The van der Waals surface area contributed by atoms with Crippen LogP contribution in [0.25, 0.3) is 0 Å². The van der Waals surface area contributed by atoms with Gasteiger partial charge in [0.1, 0.15) is 5.75 Å². The lowest BCUT2D eigenvalue weighted by atomic mass is 10.2. The van der Waals surface area contributed by atoms with Crippen molar-refractivity contribution < 1.29 is 9.47 Å². The van der Waals surface area contributed by atoms with Gasteiger partial charge in [-0.05, 0) is 26.2 Å². The molecule has 18 heavy (non-hydrogen) atoms. The SMILES string of the molecule is COc1cc(C)nc(CNC2CCC(OC)C2)c1. The number of hydrogen-bond donors (Lipinski definition) is 1. The fourth-order valence-corrected chi connectivity index (χ4v) is 2.50. The van der Waals surface area contributed by atoms with Gasteiger partial charge in [-0.1, -0.05) is 0 Å². The van der Waals surface area contributed by atoms with Gasteiger partial charge in [-0.15, -0.1) is 0 Å². The summed E-state index contributed by atoms with van der Waals surface area (Å²) in [7, 11) is 3.48. The van der Waals surface area contributed by atoms with E-state index in [0.29, 0.717) is 12.1 Å². The smallest absolute Gasteiger partial charge is 0.122 e. The van der Waals surface area contributed by atoms with E-state index >= 15 is 0 Å². The summed E-state index contributed by atoms with van der Waals surface area (Å²) in [5.74, 6) is 0.875. The maximum absolute atomic E-state index is 5.37. The van der Waals surface area contributed by atoms with E-state index in [1.165, 1.54) is 6.42 Å². The summed E-state index contributed by atoms with van der Waals surface area (Å²) in [6.07, 6.45) is 3.85. The molecule has 1 aromatic heterocycles. The molecule has 0 saturated heterocycles. The van der Waals surface area contributed by atoms with Crippen molar-refractivity contribution in [2.24, 2.45) is 0 Å². The van der Waals surface area contributed by atoms with Crippen LogP contribution in [0.3, 0.4) is 0 Å². The van der Waals surface area contributed by atoms with Crippen molar-refractivity contribution in [1.29, 1.82) is 0 Å². The van der Waals surface area contributed by atoms with Crippen LogP contribution in [-0.4, -0.2) is 31.3 Å². The lowest BCUT2D eigenvalue weighted by Crippen LogP contribution is -2.27. The molecule has 0 spiro atoms. The van der Waals surface area contributed by atoms with Crippen LogP contribution < -0.4 is 10.1 Å². The summed E-state index contributed by atoms with van der Waals surface area (Å²) >= 11 is 0. The monoisotopic (exact) mass is 250 g/mol. The van der Waals surface area contributed by atoms with Crippen molar-refractivity contribution in [3.05, 3.63) is 23.5 Å². The predicted octanol–water partition coefficient (Wildman–Crippen LogP) is 2.06. The van der Waals surface area contributed by atoms with Gasteiger partial charge < -0.3 is 14.8 Å². The number of hydrogen-bond acceptors (Lipinski definition) is 4. The molecule has 1 N–H and O–H groups in total. The Labute approximate surface area is 109 Å². The number of aromatic nitrogens is 1. The zero-order chi connectivity index (χ0) is 13.0. The summed E-state index contributed by atoms with van der Waals surface area (Å²) in [6, 6.07) is 4.48. The first-order valence-corrected chi connectivity index (χ1v) is 6.49. The number of nitrogens with zero attached hydrogens (tertiary/aromatic N) is 1. The van der Waals surface area contributed by atoms with Crippen LogP contribution in [0.2, 0.25) is 0 Å². The first-order chi connectivity index (χ1) is 8.71. The molecule has 1 aromatic rings. The van der Waals surface area contributed by atoms with Crippen LogP contribution in [0.1, 0.15) is 30.7 Å². The van der Waals surface area contributed by atoms with E-state index in [2.05, 4.69) is 10.3 Å². The van der Waals surface area contributed by atoms with Crippen molar-refractivity contribution in [2.45, 2.75) is 44.9 Å². The van der Waals surface area contributed by atoms with Gasteiger partial charge >= 0.3 is 0 Å². The standard InChI is InChI=1S/C14H22N2O2/c1-10-6-14(18-3)8-12(16-10)9-15-11-4-5-13(7-11)17-2/h6,8,11,13,15H,4-5,7,9H2,1-3H3. The Morgan fingerprint density at radius 1 is 1.33 bits per heavy atom. The number of aryl methyl sites for hydroxylation is 1. The third kappa shape index (κ3) is 3.43. The van der Waals surface area contributed by atoms with Crippen LogP contribution in [-0.2, 0) is 11.3 Å². The minimum absolute atomic E-state index is 0.419. The summed E-state index contributed by atoms with van der Waals surface area (Å²) in [5.41, 5.74) is 2.03. The highest BCUT2D eigenvalue weighted by Gasteiger charge is 2.23. The Balaban J connectivity index is 1.88. The van der Waals surface area contributed by atoms with Crippen molar-refractivity contribution in [3.8, 4) is 5.75 Å². The Morgan fingerprint density at radius 3 is 2.83 bits per heavy atom. The largest absolute Gasteiger partial charge is 0.497 e. The summed E-state index contributed by atoms with van der Waals surface area (Å²) in [6.45, 7) is 2.78. The minimum atomic E-state index is 0.419. The van der Waals surface area contributed by atoms with E-state index < -0.39 is 0 Å². The molecule has 0 bridgehead atoms. The Bertz CT molecular complexity index is 395. The zero-order valence-corrected chi connectivity index (χ0v) is 11.4. The second-order valence-electron chi connectivity index (χ2n) is 4.89. The quantitative estimate of drug-likeness (QED) is 0.868. The Hall–Kier alpha value is -1.13. The highest BCUT2D eigenvalue weighted by atomic mass is 16.5. The van der Waals surface area contributed by atoms with E-state index in [1.807, 2.05) is 19.1 Å². The van der Waals surface area contributed by atoms with E-state index in [9.17, 15) is 0 Å². The third-order valence-corrected chi connectivity index (χ3v) is 3.51. The molecule has 1 heterocycles. The average molecular weight is 250 g/mol. The molecule has 2 rings (SSSR count). The van der Waals surface area contributed by atoms with Gasteiger partial charge in [-0.2, -0.15) is 0 Å².